The van der Waals surface area contributed by atoms with Crippen molar-refractivity contribution in [2.24, 2.45) is 0 Å². The molecule has 0 radical (unpaired) electrons. The minimum Gasteiger partial charge on any atom is -0.385 e. The molecule has 5 heteroatoms. The second kappa shape index (κ2) is 9.80. The zero-order chi connectivity index (χ0) is 23.6. The highest BCUT2D eigenvalue weighted by molar-refractivity contribution is 5.94. The third-order valence-corrected chi connectivity index (χ3v) is 8.10. The highest BCUT2D eigenvalue weighted by atomic mass is 16.5. The normalized spacial score (nSPS) is 26.0. The van der Waals surface area contributed by atoms with Crippen molar-refractivity contribution in [3.8, 4) is 0 Å². The summed E-state index contributed by atoms with van der Waals surface area (Å²) in [5.41, 5.74) is 1.87. The van der Waals surface area contributed by atoms with Crippen LogP contribution < -0.4 is 0 Å². The van der Waals surface area contributed by atoms with Gasteiger partial charge in [0.25, 0.3) is 5.91 Å². The maximum atomic E-state index is 13.2. The molecule has 2 atom stereocenters. The second-order valence-corrected chi connectivity index (χ2v) is 10.3. The van der Waals surface area contributed by atoms with Gasteiger partial charge in [-0.05, 0) is 55.9 Å². The van der Waals surface area contributed by atoms with Crippen molar-refractivity contribution in [2.75, 3.05) is 19.7 Å². The Hall–Kier alpha value is -2.21. The summed E-state index contributed by atoms with van der Waals surface area (Å²) in [6.07, 6.45) is 7.35. The average Bonchev–Trinajstić information content (AvgIpc) is 3.32. The minimum atomic E-state index is -0.718. The first-order valence-electron chi connectivity index (χ1n) is 13.0. The van der Waals surface area contributed by atoms with Gasteiger partial charge in [0.2, 0.25) is 0 Å². The van der Waals surface area contributed by atoms with E-state index in [2.05, 4.69) is 31.2 Å². The molecule has 182 valence electrons. The number of carbonyl (C=O) groups is 1. The summed E-state index contributed by atoms with van der Waals surface area (Å²) < 4.78 is 12.8. The summed E-state index contributed by atoms with van der Waals surface area (Å²) >= 11 is 0. The molecule has 3 aliphatic rings. The van der Waals surface area contributed by atoms with Gasteiger partial charge in [-0.3, -0.25) is 4.79 Å². The Morgan fingerprint density at radius 1 is 1.03 bits per heavy atom. The van der Waals surface area contributed by atoms with E-state index < -0.39 is 5.60 Å². The van der Waals surface area contributed by atoms with E-state index in [9.17, 15) is 9.90 Å². The van der Waals surface area contributed by atoms with E-state index in [4.69, 9.17) is 9.47 Å². The van der Waals surface area contributed by atoms with Gasteiger partial charge < -0.3 is 19.5 Å². The van der Waals surface area contributed by atoms with E-state index in [1.165, 1.54) is 5.56 Å². The van der Waals surface area contributed by atoms with E-state index in [1.807, 2.05) is 35.2 Å². The van der Waals surface area contributed by atoms with Gasteiger partial charge in [0, 0.05) is 38.1 Å². The van der Waals surface area contributed by atoms with Crippen molar-refractivity contribution < 1.29 is 19.4 Å². The van der Waals surface area contributed by atoms with Crippen LogP contribution >= 0.6 is 0 Å². The fourth-order valence-electron chi connectivity index (χ4n) is 6.16. The number of hydrogen-bond acceptors (Lipinski definition) is 4. The van der Waals surface area contributed by atoms with Crippen LogP contribution in [0, 0.1) is 0 Å². The fourth-order valence-corrected chi connectivity index (χ4v) is 6.16. The van der Waals surface area contributed by atoms with Crippen molar-refractivity contribution >= 4 is 5.91 Å². The molecule has 0 aromatic heterocycles. The largest absolute Gasteiger partial charge is 0.385 e. The van der Waals surface area contributed by atoms with Gasteiger partial charge in [0.15, 0.2) is 0 Å². The smallest absolute Gasteiger partial charge is 0.253 e. The minimum absolute atomic E-state index is 0.0303. The number of likely N-dealkylation sites (tertiary alicyclic amines) is 1. The summed E-state index contributed by atoms with van der Waals surface area (Å²) in [7, 11) is 0. The van der Waals surface area contributed by atoms with Crippen molar-refractivity contribution in [1.29, 1.82) is 0 Å². The molecule has 5 rings (SSSR count). The van der Waals surface area contributed by atoms with E-state index in [0.717, 1.165) is 56.9 Å². The van der Waals surface area contributed by atoms with Gasteiger partial charge in [-0.2, -0.15) is 0 Å². The van der Waals surface area contributed by atoms with E-state index >= 15 is 0 Å². The molecular formula is C29H37NO4. The van der Waals surface area contributed by atoms with E-state index in [1.54, 1.807) is 0 Å². The van der Waals surface area contributed by atoms with Gasteiger partial charge in [0.1, 0.15) is 0 Å². The molecule has 34 heavy (non-hydrogen) atoms. The Morgan fingerprint density at radius 2 is 1.71 bits per heavy atom. The summed E-state index contributed by atoms with van der Waals surface area (Å²) in [5, 5.41) is 10.8. The number of benzene rings is 2. The lowest BCUT2D eigenvalue weighted by atomic mass is 9.80. The van der Waals surface area contributed by atoms with Gasteiger partial charge >= 0.3 is 0 Å². The highest BCUT2D eigenvalue weighted by Gasteiger charge is 2.45. The van der Waals surface area contributed by atoms with Crippen LogP contribution in [0.1, 0.15) is 85.9 Å². The SMILES string of the molecule is CCOC1CC(c2ccccc2)OC2(CCN(C(=O)c3ccc(C4(O)CCCC4)cc3)CC2)C1. The number of amides is 1. The maximum absolute atomic E-state index is 13.2. The monoisotopic (exact) mass is 463 g/mol. The van der Waals surface area contributed by atoms with Crippen LogP contribution in [0.3, 0.4) is 0 Å². The predicted molar refractivity (Wildman–Crippen MR) is 132 cm³/mol. The van der Waals surface area contributed by atoms with Crippen LogP contribution in [0.5, 0.6) is 0 Å². The molecule has 2 unspecified atom stereocenters. The van der Waals surface area contributed by atoms with Gasteiger partial charge in [-0.15, -0.1) is 0 Å². The number of carbonyl (C=O) groups excluding carboxylic acids is 1. The zero-order valence-corrected chi connectivity index (χ0v) is 20.2. The standard InChI is InChI=1S/C29H37NO4/c1-2-33-25-20-26(22-8-4-3-5-9-22)34-28(21-25)16-18-30(19-17-28)27(31)23-10-12-24(13-11-23)29(32)14-6-7-15-29/h3-5,8-13,25-26,32H,2,6-7,14-21H2,1H3. The van der Waals surface area contributed by atoms with Crippen LogP contribution in [0.2, 0.25) is 0 Å². The number of rotatable bonds is 5. The van der Waals surface area contributed by atoms with E-state index in [-0.39, 0.29) is 23.7 Å². The van der Waals surface area contributed by atoms with Crippen LogP contribution in [-0.2, 0) is 15.1 Å². The lowest BCUT2D eigenvalue weighted by Gasteiger charge is -2.48. The number of hydrogen-bond donors (Lipinski definition) is 1. The Labute approximate surface area is 203 Å². The van der Waals surface area contributed by atoms with E-state index in [0.29, 0.717) is 25.3 Å². The van der Waals surface area contributed by atoms with Crippen LogP contribution in [0.4, 0.5) is 0 Å². The molecule has 1 spiro atoms. The van der Waals surface area contributed by atoms with Crippen molar-refractivity contribution in [3.05, 3.63) is 71.3 Å². The van der Waals surface area contributed by atoms with Crippen LogP contribution in [0.25, 0.3) is 0 Å². The summed E-state index contributed by atoms with van der Waals surface area (Å²) in [6, 6.07) is 18.1. The number of piperidine rings is 1. The van der Waals surface area contributed by atoms with Crippen LogP contribution in [-0.4, -0.2) is 47.3 Å². The second-order valence-electron chi connectivity index (χ2n) is 10.3. The molecule has 1 aliphatic carbocycles. The first kappa shape index (κ1) is 23.5. The topological polar surface area (TPSA) is 59.0 Å². The number of aliphatic hydroxyl groups is 1. The van der Waals surface area contributed by atoms with Crippen molar-refractivity contribution in [2.45, 2.75) is 81.7 Å². The lowest BCUT2D eigenvalue weighted by Crippen LogP contribution is -2.52. The molecule has 0 bridgehead atoms. The fraction of sp³-hybridized carbons (Fsp3) is 0.552. The summed E-state index contributed by atoms with van der Waals surface area (Å²) in [5.74, 6) is 0.0663. The molecule has 2 saturated heterocycles. The maximum Gasteiger partial charge on any atom is 0.253 e. The first-order valence-corrected chi connectivity index (χ1v) is 13.0. The third kappa shape index (κ3) is 4.79. The predicted octanol–water partition coefficient (Wildman–Crippen LogP) is 5.38. The molecule has 1 saturated carbocycles. The molecular weight excluding hydrogens is 426 g/mol. The van der Waals surface area contributed by atoms with Gasteiger partial charge in [-0.1, -0.05) is 55.3 Å². The number of ether oxygens (including phenoxy) is 2. The Balaban J connectivity index is 1.25. The average molecular weight is 464 g/mol. The van der Waals surface area contributed by atoms with Crippen molar-refractivity contribution in [1.82, 2.24) is 4.90 Å². The zero-order valence-electron chi connectivity index (χ0n) is 20.2. The molecule has 5 nitrogen and oxygen atoms in total. The van der Waals surface area contributed by atoms with Crippen LogP contribution in [0.15, 0.2) is 54.6 Å². The summed E-state index contributed by atoms with van der Waals surface area (Å²) in [6.45, 7) is 4.13. The number of nitrogens with zero attached hydrogens (tertiary/aromatic N) is 1. The Bertz CT molecular complexity index is 959. The molecule has 1 amide bonds. The van der Waals surface area contributed by atoms with Crippen molar-refractivity contribution in [3.63, 3.8) is 0 Å². The van der Waals surface area contributed by atoms with Gasteiger partial charge in [0.05, 0.1) is 23.4 Å². The Morgan fingerprint density at radius 3 is 2.35 bits per heavy atom. The summed E-state index contributed by atoms with van der Waals surface area (Å²) in [4.78, 5) is 15.2. The third-order valence-electron chi connectivity index (χ3n) is 8.10. The molecule has 2 heterocycles. The van der Waals surface area contributed by atoms with Gasteiger partial charge in [-0.25, -0.2) is 0 Å². The lowest BCUT2D eigenvalue weighted by molar-refractivity contribution is -0.190. The highest BCUT2D eigenvalue weighted by Crippen LogP contribution is 2.44. The molecule has 3 fully saturated rings. The molecule has 1 N–H and O–H groups in total. The molecule has 2 aliphatic heterocycles. The first-order chi connectivity index (χ1) is 16.5. The Kier molecular flexibility index (Phi) is 6.79. The quantitative estimate of drug-likeness (QED) is 0.647. The molecule has 2 aromatic rings. The molecule has 2 aromatic carbocycles.